The standard InChI is InChI=1S/C6H11BO2/c1-2-5-4(8)3-6(7)9-5/h4-6,8H,2-3H2,1H3/t4-,5-,6-/m0/s1. The molecule has 1 saturated heterocycles. The van der Waals surface area contributed by atoms with E-state index in [0.29, 0.717) is 6.42 Å². The first-order chi connectivity index (χ1) is 4.24. The third-order valence-electron chi connectivity index (χ3n) is 1.65. The molecule has 1 aliphatic rings. The van der Waals surface area contributed by atoms with Gasteiger partial charge in [-0.2, -0.15) is 0 Å². The summed E-state index contributed by atoms with van der Waals surface area (Å²) in [7, 11) is 5.41. The highest BCUT2D eigenvalue weighted by molar-refractivity contribution is 6.11. The minimum Gasteiger partial charge on any atom is -0.390 e. The van der Waals surface area contributed by atoms with Crippen molar-refractivity contribution in [2.45, 2.75) is 38.0 Å². The van der Waals surface area contributed by atoms with Crippen LogP contribution in [0.4, 0.5) is 0 Å². The molecule has 9 heavy (non-hydrogen) atoms. The molecule has 2 radical (unpaired) electrons. The van der Waals surface area contributed by atoms with E-state index in [2.05, 4.69) is 0 Å². The van der Waals surface area contributed by atoms with Gasteiger partial charge in [0.2, 0.25) is 0 Å². The molecule has 2 nitrogen and oxygen atoms in total. The van der Waals surface area contributed by atoms with Crippen LogP contribution in [0.5, 0.6) is 0 Å². The van der Waals surface area contributed by atoms with Gasteiger partial charge in [-0.1, -0.05) is 6.92 Å². The molecule has 0 bridgehead atoms. The smallest absolute Gasteiger partial charge is 0.109 e. The molecule has 1 heterocycles. The molecule has 0 spiro atoms. The Morgan fingerprint density at radius 3 is 2.67 bits per heavy atom. The molecule has 0 aliphatic carbocycles. The van der Waals surface area contributed by atoms with E-state index in [4.69, 9.17) is 17.7 Å². The van der Waals surface area contributed by atoms with E-state index < -0.39 is 0 Å². The molecule has 0 unspecified atom stereocenters. The lowest BCUT2D eigenvalue weighted by Crippen LogP contribution is -2.19. The zero-order chi connectivity index (χ0) is 6.85. The molecule has 50 valence electrons. The second-order valence-corrected chi connectivity index (χ2v) is 2.42. The average Bonchev–Trinajstić information content (AvgIpc) is 2.10. The van der Waals surface area contributed by atoms with Gasteiger partial charge < -0.3 is 9.84 Å². The first-order valence-electron chi connectivity index (χ1n) is 3.33. The molecule has 1 fully saturated rings. The fraction of sp³-hybridized carbons (Fsp3) is 1.00. The third kappa shape index (κ3) is 1.46. The Morgan fingerprint density at radius 2 is 2.44 bits per heavy atom. The highest BCUT2D eigenvalue weighted by Gasteiger charge is 2.28. The number of hydrogen-bond acceptors (Lipinski definition) is 2. The highest BCUT2D eigenvalue weighted by atomic mass is 16.5. The van der Waals surface area contributed by atoms with Crippen molar-refractivity contribution in [2.24, 2.45) is 0 Å². The summed E-state index contributed by atoms with van der Waals surface area (Å²) in [5, 5.41) is 9.15. The second kappa shape index (κ2) is 2.71. The molecule has 3 heteroatoms. The Balaban J connectivity index is 2.38. The van der Waals surface area contributed by atoms with Crippen LogP contribution < -0.4 is 0 Å². The largest absolute Gasteiger partial charge is 0.390 e. The topological polar surface area (TPSA) is 29.5 Å². The third-order valence-corrected chi connectivity index (χ3v) is 1.65. The fourth-order valence-electron chi connectivity index (χ4n) is 1.13. The van der Waals surface area contributed by atoms with Crippen molar-refractivity contribution in [2.75, 3.05) is 0 Å². The van der Waals surface area contributed by atoms with E-state index in [0.717, 1.165) is 6.42 Å². The van der Waals surface area contributed by atoms with Gasteiger partial charge >= 0.3 is 0 Å². The normalized spacial score (nSPS) is 43.6. The van der Waals surface area contributed by atoms with E-state index in [1.807, 2.05) is 6.92 Å². The monoisotopic (exact) mass is 126 g/mol. The van der Waals surface area contributed by atoms with Crippen molar-refractivity contribution in [1.82, 2.24) is 0 Å². The summed E-state index contributed by atoms with van der Waals surface area (Å²) in [6.45, 7) is 1.98. The molecular weight excluding hydrogens is 115 g/mol. The fourth-order valence-corrected chi connectivity index (χ4v) is 1.13. The zero-order valence-electron chi connectivity index (χ0n) is 5.58. The molecule has 1 N–H and O–H groups in total. The van der Waals surface area contributed by atoms with Crippen LogP contribution >= 0.6 is 0 Å². The summed E-state index contributed by atoms with van der Waals surface area (Å²) in [6.07, 6.45) is 1.05. The molecule has 1 aliphatic heterocycles. The molecule has 0 aromatic heterocycles. The van der Waals surface area contributed by atoms with Gasteiger partial charge in [0.15, 0.2) is 0 Å². The Labute approximate surface area is 56.6 Å². The Kier molecular flexibility index (Phi) is 2.14. The summed E-state index contributed by atoms with van der Waals surface area (Å²) in [6, 6.07) is -0.245. The van der Waals surface area contributed by atoms with Gasteiger partial charge in [-0.3, -0.25) is 0 Å². The zero-order valence-corrected chi connectivity index (χ0v) is 5.58. The van der Waals surface area contributed by atoms with Gasteiger partial charge in [-0.25, -0.2) is 0 Å². The summed E-state index contributed by atoms with van der Waals surface area (Å²) in [4.78, 5) is 0. The maximum atomic E-state index is 9.15. The minimum absolute atomic E-state index is 0.0278. The summed E-state index contributed by atoms with van der Waals surface area (Å²) >= 11 is 0. The van der Waals surface area contributed by atoms with Crippen molar-refractivity contribution in [1.29, 1.82) is 0 Å². The maximum absolute atomic E-state index is 9.15. The number of hydrogen-bond donors (Lipinski definition) is 1. The van der Waals surface area contributed by atoms with Crippen molar-refractivity contribution in [3.05, 3.63) is 0 Å². The number of rotatable bonds is 1. The molecular formula is C6H11BO2. The molecule has 0 aromatic carbocycles. The van der Waals surface area contributed by atoms with Crippen LogP contribution in [0.15, 0.2) is 0 Å². The van der Waals surface area contributed by atoms with Gasteiger partial charge in [-0.05, 0) is 12.8 Å². The van der Waals surface area contributed by atoms with Crippen molar-refractivity contribution in [3.63, 3.8) is 0 Å². The van der Waals surface area contributed by atoms with Gasteiger partial charge in [-0.15, -0.1) is 0 Å². The van der Waals surface area contributed by atoms with Gasteiger partial charge in [0.25, 0.3) is 0 Å². The first kappa shape index (κ1) is 7.10. The number of ether oxygens (including phenoxy) is 1. The van der Waals surface area contributed by atoms with E-state index in [9.17, 15) is 0 Å². The predicted octanol–water partition coefficient (Wildman–Crippen LogP) is 0.0408. The lowest BCUT2D eigenvalue weighted by Gasteiger charge is -2.09. The van der Waals surface area contributed by atoms with E-state index in [1.54, 1.807) is 0 Å². The predicted molar refractivity (Wildman–Crippen MR) is 35.3 cm³/mol. The summed E-state index contributed by atoms with van der Waals surface area (Å²) in [5.74, 6) is 0. The number of aliphatic hydroxyl groups is 1. The van der Waals surface area contributed by atoms with Gasteiger partial charge in [0.05, 0.1) is 12.2 Å². The van der Waals surface area contributed by atoms with Crippen LogP contribution in [0.2, 0.25) is 0 Å². The average molecular weight is 126 g/mol. The van der Waals surface area contributed by atoms with Crippen LogP contribution in [0.1, 0.15) is 19.8 Å². The molecule has 3 atom stereocenters. The van der Waals surface area contributed by atoms with Crippen LogP contribution in [-0.4, -0.2) is 31.2 Å². The molecule has 0 amide bonds. The molecule has 0 saturated carbocycles. The van der Waals surface area contributed by atoms with E-state index in [1.165, 1.54) is 0 Å². The SMILES string of the molecule is [B][C@@H]1C[C@H](O)[C@H](CC)O1. The van der Waals surface area contributed by atoms with Crippen LogP contribution in [-0.2, 0) is 4.74 Å². The van der Waals surface area contributed by atoms with E-state index in [-0.39, 0.29) is 18.2 Å². The lowest BCUT2D eigenvalue weighted by molar-refractivity contribution is 0.0305. The van der Waals surface area contributed by atoms with Crippen molar-refractivity contribution < 1.29 is 9.84 Å². The van der Waals surface area contributed by atoms with E-state index >= 15 is 0 Å². The lowest BCUT2D eigenvalue weighted by atomic mass is 9.96. The maximum Gasteiger partial charge on any atom is 0.109 e. The Morgan fingerprint density at radius 1 is 1.78 bits per heavy atom. The van der Waals surface area contributed by atoms with Gasteiger partial charge in [0, 0.05) is 6.00 Å². The molecule has 0 aromatic rings. The van der Waals surface area contributed by atoms with Crippen LogP contribution in [0.3, 0.4) is 0 Å². The second-order valence-electron chi connectivity index (χ2n) is 2.42. The Hall–Kier alpha value is -0.0151. The Bertz CT molecular complexity index is 97.1. The van der Waals surface area contributed by atoms with Crippen molar-refractivity contribution in [3.8, 4) is 0 Å². The quantitative estimate of drug-likeness (QED) is 0.502. The number of aliphatic hydroxyl groups excluding tert-OH is 1. The van der Waals surface area contributed by atoms with Crippen molar-refractivity contribution >= 4 is 7.85 Å². The summed E-state index contributed by atoms with van der Waals surface area (Å²) < 4.78 is 5.15. The van der Waals surface area contributed by atoms with Crippen LogP contribution in [0, 0.1) is 0 Å². The molecule has 1 rings (SSSR count). The summed E-state index contributed by atoms with van der Waals surface area (Å²) in [5.41, 5.74) is 0. The highest BCUT2D eigenvalue weighted by Crippen LogP contribution is 2.19. The van der Waals surface area contributed by atoms with Crippen LogP contribution in [0.25, 0.3) is 0 Å². The first-order valence-corrected chi connectivity index (χ1v) is 3.33. The van der Waals surface area contributed by atoms with Gasteiger partial charge in [0.1, 0.15) is 7.85 Å². The minimum atomic E-state index is -0.343.